The topological polar surface area (TPSA) is 68.8 Å². The number of rotatable bonds is 8. The number of thiocarbonyl (C=S) groups is 1. The smallest absolute Gasteiger partial charge is 0.261 e. The molecule has 2 rings (SSSR count). The highest BCUT2D eigenvalue weighted by atomic mass is 79.9. The quantitative estimate of drug-likeness (QED) is 0.571. The molecule has 6 nitrogen and oxygen atoms in total. The Kier molecular flexibility index (Phi) is 8.53. The molecule has 150 valence electrons. The Hall–Kier alpha value is -2.32. The van der Waals surface area contributed by atoms with Gasteiger partial charge < -0.3 is 19.5 Å². The molecule has 0 radical (unpaired) electrons. The molecule has 0 bridgehead atoms. The lowest BCUT2D eigenvalue weighted by Gasteiger charge is -2.14. The second-order valence-electron chi connectivity index (χ2n) is 5.82. The van der Waals surface area contributed by atoms with Gasteiger partial charge in [0.05, 0.1) is 26.4 Å². The Morgan fingerprint density at radius 2 is 1.79 bits per heavy atom. The lowest BCUT2D eigenvalue weighted by atomic mass is 10.2. The predicted octanol–water partition coefficient (Wildman–Crippen LogP) is 4.06. The normalized spacial score (nSPS) is 10.1. The van der Waals surface area contributed by atoms with Crippen molar-refractivity contribution in [3.63, 3.8) is 0 Å². The minimum Gasteiger partial charge on any atom is -0.496 e. The highest BCUT2D eigenvalue weighted by Crippen LogP contribution is 2.28. The van der Waals surface area contributed by atoms with E-state index < -0.39 is 0 Å². The van der Waals surface area contributed by atoms with Gasteiger partial charge >= 0.3 is 0 Å². The number of halogens is 1. The first kappa shape index (κ1) is 22.0. The Labute approximate surface area is 178 Å². The minimum absolute atomic E-state index is 0.220. The van der Waals surface area contributed by atoms with Crippen molar-refractivity contribution < 1.29 is 19.0 Å². The van der Waals surface area contributed by atoms with Crippen LogP contribution in [-0.2, 0) is 6.54 Å². The van der Waals surface area contributed by atoms with Crippen molar-refractivity contribution in [1.82, 2.24) is 10.6 Å². The van der Waals surface area contributed by atoms with Gasteiger partial charge in [-0.3, -0.25) is 10.1 Å². The van der Waals surface area contributed by atoms with Crippen molar-refractivity contribution in [2.24, 2.45) is 0 Å². The van der Waals surface area contributed by atoms with Gasteiger partial charge in [0.25, 0.3) is 5.91 Å². The van der Waals surface area contributed by atoms with E-state index in [0.29, 0.717) is 36.0 Å². The number of amides is 1. The fraction of sp³-hybridized carbons (Fsp3) is 0.300. The molecule has 0 aliphatic heterocycles. The van der Waals surface area contributed by atoms with Crippen LogP contribution < -0.4 is 24.8 Å². The van der Waals surface area contributed by atoms with E-state index in [0.717, 1.165) is 16.5 Å². The van der Waals surface area contributed by atoms with Gasteiger partial charge in [-0.25, -0.2) is 0 Å². The minimum atomic E-state index is -0.350. The van der Waals surface area contributed by atoms with Crippen molar-refractivity contribution >= 4 is 39.2 Å². The van der Waals surface area contributed by atoms with Crippen LogP contribution in [0.1, 0.15) is 29.3 Å². The van der Waals surface area contributed by atoms with Crippen LogP contribution in [0.4, 0.5) is 0 Å². The summed E-state index contributed by atoms with van der Waals surface area (Å²) in [4.78, 5) is 12.5. The molecule has 8 heteroatoms. The van der Waals surface area contributed by atoms with E-state index in [4.69, 9.17) is 26.4 Å². The fourth-order valence-electron chi connectivity index (χ4n) is 2.41. The van der Waals surface area contributed by atoms with Crippen molar-refractivity contribution in [3.8, 4) is 17.2 Å². The maximum Gasteiger partial charge on any atom is 0.261 e. The molecule has 0 saturated carbocycles. The van der Waals surface area contributed by atoms with Gasteiger partial charge in [-0.1, -0.05) is 28.9 Å². The summed E-state index contributed by atoms with van der Waals surface area (Å²) >= 11 is 8.58. The third kappa shape index (κ3) is 6.10. The van der Waals surface area contributed by atoms with E-state index in [1.165, 1.54) is 7.11 Å². The molecule has 0 aliphatic rings. The predicted molar refractivity (Wildman–Crippen MR) is 116 cm³/mol. The van der Waals surface area contributed by atoms with Gasteiger partial charge in [0.15, 0.2) is 16.6 Å². The number of benzene rings is 2. The van der Waals surface area contributed by atoms with Gasteiger partial charge in [0.1, 0.15) is 5.75 Å². The van der Waals surface area contributed by atoms with Crippen LogP contribution in [0.2, 0.25) is 0 Å². The lowest BCUT2D eigenvalue weighted by Crippen LogP contribution is -2.39. The molecule has 0 heterocycles. The molecule has 0 spiro atoms. The van der Waals surface area contributed by atoms with Gasteiger partial charge in [0.2, 0.25) is 0 Å². The summed E-state index contributed by atoms with van der Waals surface area (Å²) in [6.45, 7) is 3.10. The molecule has 2 aromatic carbocycles. The van der Waals surface area contributed by atoms with Gasteiger partial charge in [-0.05, 0) is 54.5 Å². The number of ether oxygens (including phenoxy) is 3. The second kappa shape index (κ2) is 10.9. The van der Waals surface area contributed by atoms with E-state index in [-0.39, 0.29) is 11.0 Å². The summed E-state index contributed by atoms with van der Waals surface area (Å²) in [5.74, 6) is 1.47. The average Bonchev–Trinajstić information content (AvgIpc) is 2.70. The molecule has 0 aromatic heterocycles. The maximum atomic E-state index is 12.5. The molecule has 0 atom stereocenters. The SMILES string of the molecule is CCCOc1ccc(CNC(=S)NC(=O)c2cc(Br)ccc2OC)cc1OC. The van der Waals surface area contributed by atoms with Crippen LogP contribution in [0.15, 0.2) is 40.9 Å². The monoisotopic (exact) mass is 466 g/mol. The zero-order valence-electron chi connectivity index (χ0n) is 16.0. The zero-order valence-corrected chi connectivity index (χ0v) is 18.4. The van der Waals surface area contributed by atoms with E-state index in [1.54, 1.807) is 25.3 Å². The van der Waals surface area contributed by atoms with Crippen LogP contribution in [0.25, 0.3) is 0 Å². The van der Waals surface area contributed by atoms with Crippen molar-refractivity contribution in [2.45, 2.75) is 19.9 Å². The van der Waals surface area contributed by atoms with E-state index in [1.807, 2.05) is 25.1 Å². The molecule has 1 amide bonds. The third-order valence-corrected chi connectivity index (χ3v) is 4.52. The first-order valence-corrected chi connectivity index (χ1v) is 9.91. The first-order chi connectivity index (χ1) is 13.5. The molecular formula is C20H23BrN2O4S. The number of carbonyl (C=O) groups is 1. The first-order valence-electron chi connectivity index (χ1n) is 8.71. The third-order valence-electron chi connectivity index (χ3n) is 3.78. The van der Waals surface area contributed by atoms with E-state index in [9.17, 15) is 4.79 Å². The lowest BCUT2D eigenvalue weighted by molar-refractivity contribution is 0.0973. The van der Waals surface area contributed by atoms with Crippen LogP contribution >= 0.6 is 28.1 Å². The standard InChI is InChI=1S/C20H23BrN2O4S/c1-4-9-27-17-7-5-13(10-18(17)26-3)12-22-20(28)23-19(24)15-11-14(21)6-8-16(15)25-2/h5-8,10-11H,4,9,12H2,1-3H3,(H2,22,23,24,28). The molecule has 0 unspecified atom stereocenters. The van der Waals surface area contributed by atoms with Gasteiger partial charge in [-0.2, -0.15) is 0 Å². The van der Waals surface area contributed by atoms with Crippen LogP contribution in [0, 0.1) is 0 Å². The van der Waals surface area contributed by atoms with Crippen LogP contribution in [0.3, 0.4) is 0 Å². The zero-order chi connectivity index (χ0) is 20.5. The molecule has 28 heavy (non-hydrogen) atoms. The molecule has 2 aromatic rings. The molecular weight excluding hydrogens is 444 g/mol. The number of nitrogens with one attached hydrogen (secondary N) is 2. The summed E-state index contributed by atoms with van der Waals surface area (Å²) in [5.41, 5.74) is 1.33. The summed E-state index contributed by atoms with van der Waals surface area (Å²) in [6, 6.07) is 10.8. The second-order valence-corrected chi connectivity index (χ2v) is 7.14. The van der Waals surface area contributed by atoms with Crippen LogP contribution in [-0.4, -0.2) is 31.8 Å². The summed E-state index contributed by atoms with van der Waals surface area (Å²) in [6.07, 6.45) is 0.920. The molecule has 2 N–H and O–H groups in total. The van der Waals surface area contributed by atoms with Gasteiger partial charge in [-0.15, -0.1) is 0 Å². The van der Waals surface area contributed by atoms with Crippen LogP contribution in [0.5, 0.6) is 17.2 Å². The van der Waals surface area contributed by atoms with Gasteiger partial charge in [0, 0.05) is 11.0 Å². The van der Waals surface area contributed by atoms with E-state index >= 15 is 0 Å². The highest BCUT2D eigenvalue weighted by Gasteiger charge is 2.14. The van der Waals surface area contributed by atoms with Crippen molar-refractivity contribution in [2.75, 3.05) is 20.8 Å². The summed E-state index contributed by atoms with van der Waals surface area (Å²) in [5, 5.41) is 5.90. The number of carbonyl (C=O) groups excluding carboxylic acids is 1. The Bertz CT molecular complexity index is 845. The highest BCUT2D eigenvalue weighted by molar-refractivity contribution is 9.10. The molecule has 0 fully saturated rings. The molecule has 0 saturated heterocycles. The van der Waals surface area contributed by atoms with E-state index in [2.05, 4.69) is 26.6 Å². The maximum absolute atomic E-state index is 12.5. The number of hydrogen-bond acceptors (Lipinski definition) is 5. The average molecular weight is 467 g/mol. The Morgan fingerprint density at radius 1 is 1.07 bits per heavy atom. The van der Waals surface area contributed by atoms with Crippen molar-refractivity contribution in [1.29, 1.82) is 0 Å². The Balaban J connectivity index is 1.97. The van der Waals surface area contributed by atoms with Crippen molar-refractivity contribution in [3.05, 3.63) is 52.0 Å². The fourth-order valence-corrected chi connectivity index (χ4v) is 2.93. The number of methoxy groups -OCH3 is 2. The largest absolute Gasteiger partial charge is 0.496 e. The number of hydrogen-bond donors (Lipinski definition) is 2. The Morgan fingerprint density at radius 3 is 2.46 bits per heavy atom. The molecule has 0 aliphatic carbocycles. The summed E-state index contributed by atoms with van der Waals surface area (Å²) < 4.78 is 17.0. The summed E-state index contributed by atoms with van der Waals surface area (Å²) in [7, 11) is 3.11.